The molecule has 0 bridgehead atoms. The number of carboxylic acids is 1. The summed E-state index contributed by atoms with van der Waals surface area (Å²) in [6.07, 6.45) is 13.4. The molecule has 0 aliphatic carbocycles. The summed E-state index contributed by atoms with van der Waals surface area (Å²) in [5.41, 5.74) is 5.07. The number of carboxylic acid groups (broad SMARTS) is 1. The Bertz CT molecular complexity index is 595. The van der Waals surface area contributed by atoms with Crippen LogP contribution in [0.3, 0.4) is 0 Å². The van der Waals surface area contributed by atoms with Gasteiger partial charge in [-0.2, -0.15) is 9.37 Å². The van der Waals surface area contributed by atoms with E-state index >= 15 is 0 Å². The van der Waals surface area contributed by atoms with Crippen LogP contribution in [-0.2, 0) is 9.53 Å². The number of nitrogen functional groups attached to an aromatic ring is 1. The van der Waals surface area contributed by atoms with Gasteiger partial charge < -0.3 is 20.3 Å². The molecule has 0 aromatic carbocycles. The number of anilines is 1. The first-order chi connectivity index (χ1) is 14.3. The quantitative estimate of drug-likeness (QED) is 0.224. The van der Waals surface area contributed by atoms with Crippen molar-refractivity contribution < 1.29 is 23.8 Å². The van der Waals surface area contributed by atoms with Crippen LogP contribution in [0.2, 0.25) is 10.0 Å². The number of nitrogens with zero attached hydrogens (tertiary/aromatic N) is 1. The highest BCUT2D eigenvalue weighted by Gasteiger charge is 2.16. The molecule has 0 radical (unpaired) electrons. The van der Waals surface area contributed by atoms with Gasteiger partial charge in [-0.3, -0.25) is 0 Å². The molecule has 30 heavy (non-hydrogen) atoms. The third-order valence-corrected chi connectivity index (χ3v) is 4.88. The first kappa shape index (κ1) is 28.7. The highest BCUT2D eigenvalue weighted by Crippen LogP contribution is 2.35. The summed E-state index contributed by atoms with van der Waals surface area (Å²) >= 11 is 11.0. The smallest absolute Gasteiger partial charge is 0.341 e. The van der Waals surface area contributed by atoms with E-state index in [2.05, 4.69) is 23.6 Å². The van der Waals surface area contributed by atoms with Crippen molar-refractivity contribution in [3.8, 4) is 5.88 Å². The van der Waals surface area contributed by atoms with Gasteiger partial charge in [0.15, 0.2) is 6.61 Å². The Morgan fingerprint density at radius 1 is 0.967 bits per heavy atom. The number of unbranched alkanes of at least 4 members (excludes halogenated alkanes) is 8. The molecule has 0 unspecified atom stereocenters. The van der Waals surface area contributed by atoms with Crippen molar-refractivity contribution in [2.75, 3.05) is 25.6 Å². The lowest BCUT2D eigenvalue weighted by atomic mass is 10.1. The Kier molecular flexibility index (Phi) is 17.7. The zero-order valence-electron chi connectivity index (χ0n) is 18.0. The molecule has 1 aromatic rings. The SMILES string of the molecule is CCCCCCCOCCCCCCC.Nc1c(Cl)c(F)nc(OCC(=O)O)c1Cl. The largest absolute Gasteiger partial charge is 0.479 e. The van der Waals surface area contributed by atoms with Crippen molar-refractivity contribution in [2.45, 2.75) is 78.1 Å². The monoisotopic (exact) mass is 468 g/mol. The molecule has 0 spiro atoms. The Morgan fingerprint density at radius 3 is 1.93 bits per heavy atom. The lowest BCUT2D eigenvalue weighted by Gasteiger charge is -2.07. The second kappa shape index (κ2) is 18.5. The lowest BCUT2D eigenvalue weighted by molar-refractivity contribution is -0.139. The molecule has 1 aromatic heterocycles. The van der Waals surface area contributed by atoms with Crippen LogP contribution < -0.4 is 10.5 Å². The molecule has 0 saturated heterocycles. The Labute approximate surface area is 189 Å². The van der Waals surface area contributed by atoms with Crippen molar-refractivity contribution in [3.05, 3.63) is 16.0 Å². The van der Waals surface area contributed by atoms with Crippen LogP contribution in [0.4, 0.5) is 10.1 Å². The van der Waals surface area contributed by atoms with Gasteiger partial charge in [-0.25, -0.2) is 4.79 Å². The van der Waals surface area contributed by atoms with Crippen LogP contribution in [-0.4, -0.2) is 35.9 Å². The standard InChI is InChI=1S/C14H30O.C7H5Cl2FN2O3/c1-3-5-7-9-11-13-15-14-12-10-8-6-4-2;8-3-5(11)4(9)7(12-6(3)10)15-1-2(13)14/h3-14H2,1-2H3;1H2,(H2,11,12)(H,13,14). The average Bonchev–Trinajstić information content (AvgIpc) is 2.72. The first-order valence-corrected chi connectivity index (χ1v) is 11.3. The van der Waals surface area contributed by atoms with Crippen molar-refractivity contribution in [2.24, 2.45) is 0 Å². The fourth-order valence-corrected chi connectivity index (χ4v) is 2.83. The minimum Gasteiger partial charge on any atom is -0.479 e. The molecule has 6 nitrogen and oxygen atoms in total. The Morgan fingerprint density at radius 2 is 1.47 bits per heavy atom. The van der Waals surface area contributed by atoms with Gasteiger partial charge in [-0.1, -0.05) is 88.4 Å². The number of pyridine rings is 1. The van der Waals surface area contributed by atoms with E-state index in [4.69, 9.17) is 38.8 Å². The lowest BCUT2D eigenvalue weighted by Crippen LogP contribution is -2.11. The normalized spacial score (nSPS) is 10.4. The molecule has 1 heterocycles. The van der Waals surface area contributed by atoms with E-state index in [1.807, 2.05) is 0 Å². The zero-order valence-corrected chi connectivity index (χ0v) is 19.5. The third-order valence-electron chi connectivity index (χ3n) is 4.16. The summed E-state index contributed by atoms with van der Waals surface area (Å²) in [5, 5.41) is 7.66. The number of carbonyl (C=O) groups is 1. The summed E-state index contributed by atoms with van der Waals surface area (Å²) in [6.45, 7) is 5.78. The molecule has 0 saturated carbocycles. The topological polar surface area (TPSA) is 94.7 Å². The van der Waals surface area contributed by atoms with E-state index in [1.165, 1.54) is 64.2 Å². The maximum Gasteiger partial charge on any atom is 0.341 e. The number of hydrogen-bond acceptors (Lipinski definition) is 5. The van der Waals surface area contributed by atoms with Gasteiger partial charge in [0, 0.05) is 13.2 Å². The molecule has 0 aliphatic rings. The van der Waals surface area contributed by atoms with Gasteiger partial charge in [0.25, 0.3) is 0 Å². The summed E-state index contributed by atoms with van der Waals surface area (Å²) in [6, 6.07) is 0. The molecular formula is C21H35Cl2FN2O4. The first-order valence-electron chi connectivity index (χ1n) is 10.6. The van der Waals surface area contributed by atoms with Crippen molar-refractivity contribution >= 4 is 34.9 Å². The van der Waals surface area contributed by atoms with E-state index in [1.54, 1.807) is 0 Å². The molecule has 174 valence electrons. The summed E-state index contributed by atoms with van der Waals surface area (Å²) in [7, 11) is 0. The predicted molar refractivity (Wildman–Crippen MR) is 120 cm³/mol. The maximum atomic E-state index is 12.9. The van der Waals surface area contributed by atoms with Crippen LogP contribution in [0.1, 0.15) is 78.1 Å². The predicted octanol–water partition coefficient (Wildman–Crippen LogP) is 6.52. The van der Waals surface area contributed by atoms with E-state index in [-0.39, 0.29) is 10.7 Å². The minimum atomic E-state index is -1.25. The second-order valence-electron chi connectivity index (χ2n) is 6.87. The van der Waals surface area contributed by atoms with Gasteiger partial charge in [-0.05, 0) is 12.8 Å². The highest BCUT2D eigenvalue weighted by atomic mass is 35.5. The number of nitrogens with two attached hydrogens (primary N) is 1. The Hall–Kier alpha value is -1.31. The van der Waals surface area contributed by atoms with Crippen LogP contribution in [0, 0.1) is 5.95 Å². The van der Waals surface area contributed by atoms with E-state index in [9.17, 15) is 9.18 Å². The molecule has 0 atom stereocenters. The van der Waals surface area contributed by atoms with E-state index in [0.29, 0.717) is 0 Å². The van der Waals surface area contributed by atoms with Crippen LogP contribution in [0.25, 0.3) is 0 Å². The summed E-state index contributed by atoms with van der Waals surface area (Å²) in [5.74, 6) is -2.72. The number of aromatic nitrogens is 1. The fraction of sp³-hybridized carbons (Fsp3) is 0.714. The zero-order chi connectivity index (χ0) is 22.8. The maximum absolute atomic E-state index is 12.9. The van der Waals surface area contributed by atoms with Gasteiger partial charge in [0.2, 0.25) is 11.8 Å². The van der Waals surface area contributed by atoms with Crippen LogP contribution in [0.5, 0.6) is 5.88 Å². The van der Waals surface area contributed by atoms with Crippen molar-refractivity contribution in [1.29, 1.82) is 0 Å². The summed E-state index contributed by atoms with van der Waals surface area (Å²) < 4.78 is 23.1. The van der Waals surface area contributed by atoms with Crippen LogP contribution in [0.15, 0.2) is 0 Å². The van der Waals surface area contributed by atoms with E-state index < -0.39 is 29.4 Å². The number of hydrogen-bond donors (Lipinski definition) is 2. The van der Waals surface area contributed by atoms with E-state index in [0.717, 1.165) is 13.2 Å². The molecule has 0 fully saturated rings. The number of aliphatic carboxylic acids is 1. The highest BCUT2D eigenvalue weighted by molar-refractivity contribution is 6.39. The van der Waals surface area contributed by atoms with Gasteiger partial charge in [-0.15, -0.1) is 0 Å². The third kappa shape index (κ3) is 13.8. The van der Waals surface area contributed by atoms with Crippen molar-refractivity contribution in [1.82, 2.24) is 4.98 Å². The number of rotatable bonds is 15. The van der Waals surface area contributed by atoms with Gasteiger partial charge >= 0.3 is 5.97 Å². The van der Waals surface area contributed by atoms with Gasteiger partial charge in [0.05, 0.1) is 5.69 Å². The summed E-state index contributed by atoms with van der Waals surface area (Å²) in [4.78, 5) is 13.4. The second-order valence-corrected chi connectivity index (χ2v) is 7.63. The van der Waals surface area contributed by atoms with Crippen molar-refractivity contribution in [3.63, 3.8) is 0 Å². The number of ether oxygens (including phenoxy) is 2. The molecular weight excluding hydrogens is 434 g/mol. The average molecular weight is 469 g/mol. The van der Waals surface area contributed by atoms with Gasteiger partial charge in [0.1, 0.15) is 10.0 Å². The molecule has 9 heteroatoms. The molecule has 1 rings (SSSR count). The number of halogens is 3. The molecule has 0 amide bonds. The molecule has 3 N–H and O–H groups in total. The minimum absolute atomic E-state index is 0.220. The molecule has 0 aliphatic heterocycles. The van der Waals surface area contributed by atoms with Crippen LogP contribution >= 0.6 is 23.2 Å². The Balaban J connectivity index is 0.000000561. The fourth-order valence-electron chi connectivity index (χ4n) is 2.45.